The summed E-state index contributed by atoms with van der Waals surface area (Å²) in [6.07, 6.45) is 4.02. The van der Waals surface area contributed by atoms with Gasteiger partial charge in [0.15, 0.2) is 5.82 Å². The van der Waals surface area contributed by atoms with Crippen molar-refractivity contribution in [1.29, 1.82) is 0 Å². The van der Waals surface area contributed by atoms with Gasteiger partial charge in [-0.1, -0.05) is 29.8 Å². The van der Waals surface area contributed by atoms with Crippen LogP contribution < -0.4 is 36.2 Å². The number of fused-ring (bicyclic) bond motifs is 1. The number of aromatic nitrogens is 2. The number of para-hydroxylation sites is 1. The van der Waals surface area contributed by atoms with E-state index in [9.17, 15) is 23.7 Å². The summed E-state index contributed by atoms with van der Waals surface area (Å²) in [7, 11) is 0.703. The Balaban J connectivity index is 0.780. The molecule has 0 bridgehead atoms. The summed E-state index contributed by atoms with van der Waals surface area (Å²) in [6, 6.07) is 18.2. The molecular formula is C44H52ClN10O8PS. The molecule has 1 aromatic heterocycles. The third kappa shape index (κ3) is 10.4. The van der Waals surface area contributed by atoms with Crippen LogP contribution in [0, 0.1) is 0 Å². The molecule has 4 amide bonds. The summed E-state index contributed by atoms with van der Waals surface area (Å²) in [5.41, 5.74) is 3.58. The molecule has 4 N–H and O–H groups in total. The molecule has 3 saturated heterocycles. The minimum atomic E-state index is -3.57. The van der Waals surface area contributed by atoms with Crippen LogP contribution in [0.5, 0.6) is 5.75 Å². The monoisotopic (exact) mass is 946 g/mol. The third-order valence-electron chi connectivity index (χ3n) is 12.3. The van der Waals surface area contributed by atoms with Crippen LogP contribution in [0.25, 0.3) is 0 Å². The van der Waals surface area contributed by atoms with Gasteiger partial charge < -0.3 is 39.5 Å². The second-order valence-electron chi connectivity index (χ2n) is 16.0. The summed E-state index contributed by atoms with van der Waals surface area (Å²) >= 11 is 7.95. The summed E-state index contributed by atoms with van der Waals surface area (Å²) in [6.45, 7) is 5.80. The van der Waals surface area contributed by atoms with Crippen molar-refractivity contribution in [2.24, 2.45) is 0 Å². The van der Waals surface area contributed by atoms with E-state index >= 15 is 0 Å². The van der Waals surface area contributed by atoms with E-state index in [0.717, 1.165) is 68.3 Å². The van der Waals surface area contributed by atoms with Gasteiger partial charge in [0.25, 0.3) is 5.91 Å². The smallest absolute Gasteiger partial charge is 0.362 e. The van der Waals surface area contributed by atoms with E-state index < -0.39 is 19.5 Å². The Bertz CT molecular complexity index is 2480. The number of benzene rings is 3. The average Bonchev–Trinajstić information content (AvgIpc) is 3.66. The van der Waals surface area contributed by atoms with Crippen LogP contribution in [0.4, 0.5) is 28.8 Å². The third-order valence-corrected chi connectivity index (χ3v) is 15.5. The Hall–Kier alpha value is -5.27. The van der Waals surface area contributed by atoms with Gasteiger partial charge in [0, 0.05) is 94.7 Å². The lowest BCUT2D eigenvalue weighted by Gasteiger charge is -2.43. The lowest BCUT2D eigenvalue weighted by Crippen LogP contribution is -2.54. The molecule has 1 atom stereocenters. The molecule has 0 aliphatic carbocycles. The number of hydrogen-bond donors (Lipinski definition) is 4. The normalized spacial score (nSPS) is 18.6. The molecule has 21 heteroatoms. The van der Waals surface area contributed by atoms with Crippen molar-refractivity contribution in [1.82, 2.24) is 35.3 Å². The van der Waals surface area contributed by atoms with Crippen molar-refractivity contribution in [2.75, 3.05) is 88.6 Å². The number of anilines is 5. The average molecular weight is 947 g/mol. The topological polar surface area (TPSA) is 200 Å². The van der Waals surface area contributed by atoms with Gasteiger partial charge in [0.2, 0.25) is 23.7 Å². The number of halogens is 1. The summed E-state index contributed by atoms with van der Waals surface area (Å²) in [4.78, 5) is 68.8. The Kier molecular flexibility index (Phi) is 14.6. The predicted molar refractivity (Wildman–Crippen MR) is 249 cm³/mol. The van der Waals surface area contributed by atoms with Crippen LogP contribution in [0.15, 0.2) is 71.8 Å². The molecule has 3 aromatic carbocycles. The zero-order valence-corrected chi connectivity index (χ0v) is 38.8. The highest BCUT2D eigenvalue weighted by atomic mass is 35.5. The molecular weight excluding hydrogens is 895 g/mol. The first-order valence-electron chi connectivity index (χ1n) is 21.4. The number of methoxy groups -OCH3 is 1. The number of nitrogens with zero attached hydrogens (tertiary/aromatic N) is 6. The molecule has 4 aliphatic rings. The second kappa shape index (κ2) is 20.5. The van der Waals surface area contributed by atoms with Crippen LogP contribution >= 0.6 is 31.0 Å². The minimum Gasteiger partial charge on any atom is -0.494 e. The molecule has 4 aliphatic heterocycles. The first kappa shape index (κ1) is 46.3. The van der Waals surface area contributed by atoms with Crippen LogP contribution in [0.1, 0.15) is 41.6 Å². The zero-order valence-electron chi connectivity index (χ0n) is 36.4. The number of ether oxygens (including phenoxy) is 1. The van der Waals surface area contributed by atoms with Gasteiger partial charge >= 0.3 is 7.60 Å². The lowest BCUT2D eigenvalue weighted by atomic mass is 10.0. The number of piperidine rings is 2. The van der Waals surface area contributed by atoms with Gasteiger partial charge in [-0.25, -0.2) is 4.98 Å². The number of rotatable bonds is 16. The number of carbonyl (C=O) groups excluding carboxylic acids is 4. The first-order chi connectivity index (χ1) is 31.5. The molecule has 18 nitrogen and oxygen atoms in total. The Morgan fingerprint density at radius 2 is 1.69 bits per heavy atom. The van der Waals surface area contributed by atoms with Gasteiger partial charge in [-0.15, -0.1) is 11.8 Å². The Morgan fingerprint density at radius 1 is 0.923 bits per heavy atom. The Morgan fingerprint density at radius 3 is 2.43 bits per heavy atom. The lowest BCUT2D eigenvalue weighted by molar-refractivity contribution is -0.137. The maximum Gasteiger partial charge on any atom is 0.362 e. The molecule has 0 saturated carbocycles. The fourth-order valence-corrected chi connectivity index (χ4v) is 11.0. The van der Waals surface area contributed by atoms with Crippen molar-refractivity contribution in [3.05, 3.63) is 83.0 Å². The molecule has 8 rings (SSSR count). The minimum absolute atomic E-state index is 0.0478. The van der Waals surface area contributed by atoms with Gasteiger partial charge in [-0.05, 0) is 61.2 Å². The number of piperazine rings is 1. The summed E-state index contributed by atoms with van der Waals surface area (Å²) in [5.74, 6) is 0.536. The van der Waals surface area contributed by atoms with Crippen LogP contribution in [-0.4, -0.2) is 133 Å². The molecule has 4 aromatic rings. The molecule has 344 valence electrons. The molecule has 5 heterocycles. The largest absolute Gasteiger partial charge is 0.494 e. The number of imide groups is 1. The fraction of sp³-hybridized carbons (Fsp3) is 0.409. The van der Waals surface area contributed by atoms with E-state index in [-0.39, 0.29) is 35.1 Å². The quantitative estimate of drug-likeness (QED) is 0.0509. The molecule has 3 fully saturated rings. The maximum atomic E-state index is 13.2. The predicted octanol–water partition coefficient (Wildman–Crippen LogP) is 4.95. The highest BCUT2D eigenvalue weighted by Crippen LogP contribution is 2.47. The highest BCUT2D eigenvalue weighted by Gasteiger charge is 2.40. The molecule has 65 heavy (non-hydrogen) atoms. The van der Waals surface area contributed by atoms with Gasteiger partial charge in [-0.2, -0.15) is 4.98 Å². The maximum absolute atomic E-state index is 13.2. The molecule has 0 spiro atoms. The number of thioether (sulfide) groups is 1. The zero-order chi connectivity index (χ0) is 45.7. The standard InChI is InChI=1S/C44H52ClN10O8PS/c1-61-36-23-29(11-12-33(36)49-44-46-24-32(45)41(51-44)48-34-8-4-5-9-37(34)64(60,62-2)63-3)53-17-15-28(16-18-53)54-21-19-52(20-22-54)26-40(57)47-27-65-38-10-6-7-30-31(38)25-55(43(30)59)35-13-14-39(56)50-42(35)58/h4-12,23-24,28,35H,13-22,25-27H2,1-3H3,(H,47,57)(H,50,56,58)(H2,46,48,49,51). The SMILES string of the molecule is COc1cc(N2CCC(N3CCN(CC(=O)NCSc4cccc5c4CN(C4CCC(=O)NC4=O)C5=O)CC3)CC2)ccc1Nc1ncc(Cl)c(Nc2ccccc2P(=O)(OC)OC)n1. The van der Waals surface area contributed by atoms with Crippen molar-refractivity contribution < 1.29 is 37.5 Å². The number of carbonyl (C=O) groups is 4. The first-order valence-corrected chi connectivity index (χ1v) is 24.3. The number of hydrogen-bond acceptors (Lipinski definition) is 16. The van der Waals surface area contributed by atoms with E-state index in [1.807, 2.05) is 24.3 Å². The van der Waals surface area contributed by atoms with Crippen molar-refractivity contribution in [2.45, 2.75) is 49.2 Å². The van der Waals surface area contributed by atoms with E-state index in [1.165, 1.54) is 32.2 Å². The Labute approximate surface area is 386 Å². The van der Waals surface area contributed by atoms with Crippen LogP contribution in [0.2, 0.25) is 5.02 Å². The number of nitrogens with one attached hydrogen (secondary N) is 4. The second-order valence-corrected chi connectivity index (χ2v) is 19.6. The fourth-order valence-electron chi connectivity index (χ4n) is 8.75. The van der Waals surface area contributed by atoms with E-state index in [0.29, 0.717) is 65.2 Å². The van der Waals surface area contributed by atoms with E-state index in [4.69, 9.17) is 25.4 Å². The van der Waals surface area contributed by atoms with E-state index in [1.54, 1.807) is 42.3 Å². The van der Waals surface area contributed by atoms with Crippen molar-refractivity contribution >= 4 is 88.7 Å². The van der Waals surface area contributed by atoms with Gasteiger partial charge in [0.1, 0.15) is 16.8 Å². The number of amides is 4. The summed E-state index contributed by atoms with van der Waals surface area (Å²) in [5, 5.41) is 12.4. The van der Waals surface area contributed by atoms with Crippen LogP contribution in [0.3, 0.4) is 0 Å². The summed E-state index contributed by atoms with van der Waals surface area (Å²) < 4.78 is 29.4. The van der Waals surface area contributed by atoms with Crippen molar-refractivity contribution in [3.8, 4) is 5.75 Å². The van der Waals surface area contributed by atoms with Crippen LogP contribution in [-0.2, 0) is 34.5 Å². The van der Waals surface area contributed by atoms with Gasteiger partial charge in [0.05, 0.1) is 42.4 Å². The van der Waals surface area contributed by atoms with Crippen molar-refractivity contribution in [3.63, 3.8) is 0 Å². The molecule has 0 radical (unpaired) electrons. The van der Waals surface area contributed by atoms with E-state index in [2.05, 4.69) is 52.0 Å². The highest BCUT2D eigenvalue weighted by molar-refractivity contribution is 7.99. The van der Waals surface area contributed by atoms with Gasteiger partial charge in [-0.3, -0.25) is 38.9 Å². The molecule has 1 unspecified atom stereocenters.